The molecule has 3 rings (SSSR count). The molecule has 15 heavy (non-hydrogen) atoms. The van der Waals surface area contributed by atoms with Crippen LogP contribution in [-0.4, -0.2) is 0 Å². The topological polar surface area (TPSA) is 12.0 Å². The molecule has 0 atom stereocenters. The highest BCUT2D eigenvalue weighted by atomic mass is 14.9. The van der Waals surface area contributed by atoms with E-state index < -0.39 is 0 Å². The summed E-state index contributed by atoms with van der Waals surface area (Å²) in [5.74, 6) is 0. The van der Waals surface area contributed by atoms with Crippen LogP contribution in [-0.2, 0) is 6.42 Å². The summed E-state index contributed by atoms with van der Waals surface area (Å²) in [6, 6.07) is 8.61. The molecular weight excluding hydrogens is 182 g/mol. The molecule has 1 heterocycles. The molecule has 1 heteroatoms. The van der Waals surface area contributed by atoms with Gasteiger partial charge in [-0.05, 0) is 36.5 Å². The van der Waals surface area contributed by atoms with Crippen LogP contribution in [0.3, 0.4) is 0 Å². The summed E-state index contributed by atoms with van der Waals surface area (Å²) in [5.41, 5.74) is 5.63. The second-order valence-corrected chi connectivity index (χ2v) is 4.26. The zero-order valence-electron chi connectivity index (χ0n) is 8.79. The van der Waals surface area contributed by atoms with Crippen LogP contribution < -0.4 is 5.32 Å². The summed E-state index contributed by atoms with van der Waals surface area (Å²) in [7, 11) is 0. The van der Waals surface area contributed by atoms with Gasteiger partial charge >= 0.3 is 0 Å². The molecule has 1 aromatic carbocycles. The van der Waals surface area contributed by atoms with Gasteiger partial charge in [0.2, 0.25) is 0 Å². The highest BCUT2D eigenvalue weighted by Crippen LogP contribution is 2.31. The van der Waals surface area contributed by atoms with Crippen molar-refractivity contribution >= 4 is 5.69 Å². The Hall–Kier alpha value is -1.50. The first-order valence-electron chi connectivity index (χ1n) is 5.67. The van der Waals surface area contributed by atoms with E-state index in [9.17, 15) is 0 Å². The van der Waals surface area contributed by atoms with Crippen molar-refractivity contribution in [2.24, 2.45) is 0 Å². The molecule has 1 aliphatic heterocycles. The van der Waals surface area contributed by atoms with Crippen LogP contribution in [0.2, 0.25) is 0 Å². The number of benzene rings is 1. The molecule has 0 saturated heterocycles. The fraction of sp³-hybridized carbons (Fsp3) is 0.286. The van der Waals surface area contributed by atoms with E-state index in [2.05, 4.69) is 41.7 Å². The fourth-order valence-electron chi connectivity index (χ4n) is 2.36. The standard InChI is InChI=1S/C14H15N/c1-2-6-11-10-12-7-4-5-9-14(12)15-13(11)8-3-1/h2,4-7,9,15H,1,3,8,10H2. The first-order valence-corrected chi connectivity index (χ1v) is 5.67. The lowest BCUT2D eigenvalue weighted by Gasteiger charge is -2.22. The van der Waals surface area contributed by atoms with Crippen molar-refractivity contribution in [1.29, 1.82) is 0 Å². The van der Waals surface area contributed by atoms with Crippen molar-refractivity contribution in [3.63, 3.8) is 0 Å². The molecule has 76 valence electrons. The van der Waals surface area contributed by atoms with E-state index in [0.717, 1.165) is 6.42 Å². The average Bonchev–Trinajstić information content (AvgIpc) is 2.50. The smallest absolute Gasteiger partial charge is 0.0417 e. The fourth-order valence-corrected chi connectivity index (χ4v) is 2.36. The maximum absolute atomic E-state index is 3.57. The number of nitrogens with one attached hydrogen (secondary N) is 1. The van der Waals surface area contributed by atoms with Gasteiger partial charge in [-0.1, -0.05) is 30.4 Å². The second kappa shape index (κ2) is 3.58. The van der Waals surface area contributed by atoms with Crippen molar-refractivity contribution in [3.05, 3.63) is 53.3 Å². The summed E-state index contributed by atoms with van der Waals surface area (Å²) in [5, 5.41) is 3.57. The van der Waals surface area contributed by atoms with Gasteiger partial charge in [-0.25, -0.2) is 0 Å². The van der Waals surface area contributed by atoms with E-state index in [0.29, 0.717) is 0 Å². The van der Waals surface area contributed by atoms with Gasteiger partial charge in [0.05, 0.1) is 0 Å². The maximum Gasteiger partial charge on any atom is 0.0417 e. The zero-order valence-corrected chi connectivity index (χ0v) is 8.79. The molecule has 0 saturated carbocycles. The molecule has 0 aromatic heterocycles. The van der Waals surface area contributed by atoms with Crippen LogP contribution >= 0.6 is 0 Å². The largest absolute Gasteiger partial charge is 0.358 e. The van der Waals surface area contributed by atoms with Gasteiger partial charge in [-0.15, -0.1) is 0 Å². The summed E-state index contributed by atoms with van der Waals surface area (Å²) in [6.45, 7) is 0. The quantitative estimate of drug-likeness (QED) is 0.669. The molecule has 0 amide bonds. The van der Waals surface area contributed by atoms with Gasteiger partial charge in [-0.2, -0.15) is 0 Å². The summed E-state index contributed by atoms with van der Waals surface area (Å²) >= 11 is 0. The van der Waals surface area contributed by atoms with Gasteiger partial charge in [0.1, 0.15) is 0 Å². The zero-order chi connectivity index (χ0) is 10.1. The predicted octanol–water partition coefficient (Wildman–Crippen LogP) is 3.65. The molecule has 0 bridgehead atoms. The number of hydrogen-bond acceptors (Lipinski definition) is 1. The van der Waals surface area contributed by atoms with Crippen LogP contribution in [0.15, 0.2) is 47.7 Å². The van der Waals surface area contributed by atoms with E-state index in [1.54, 1.807) is 0 Å². The number of para-hydroxylation sites is 1. The number of allylic oxidation sites excluding steroid dienone is 4. The van der Waals surface area contributed by atoms with E-state index in [4.69, 9.17) is 0 Å². The monoisotopic (exact) mass is 197 g/mol. The van der Waals surface area contributed by atoms with E-state index in [1.807, 2.05) is 0 Å². The van der Waals surface area contributed by atoms with Crippen molar-refractivity contribution in [3.8, 4) is 0 Å². The molecule has 1 aliphatic carbocycles. The van der Waals surface area contributed by atoms with Gasteiger partial charge in [-0.3, -0.25) is 0 Å². The third-order valence-corrected chi connectivity index (χ3v) is 3.19. The molecule has 2 aliphatic rings. The molecule has 1 N–H and O–H groups in total. The normalized spacial score (nSPS) is 18.9. The van der Waals surface area contributed by atoms with Gasteiger partial charge in [0.25, 0.3) is 0 Å². The van der Waals surface area contributed by atoms with Crippen LogP contribution in [0.1, 0.15) is 24.8 Å². The van der Waals surface area contributed by atoms with Crippen molar-refractivity contribution in [2.75, 3.05) is 5.32 Å². The molecule has 0 fully saturated rings. The van der Waals surface area contributed by atoms with Crippen LogP contribution in [0.5, 0.6) is 0 Å². The average molecular weight is 197 g/mol. The highest BCUT2D eigenvalue weighted by molar-refractivity contribution is 5.61. The Morgan fingerprint density at radius 2 is 2.07 bits per heavy atom. The minimum absolute atomic E-state index is 1.09. The number of fused-ring (bicyclic) bond motifs is 1. The highest BCUT2D eigenvalue weighted by Gasteiger charge is 2.15. The third-order valence-electron chi connectivity index (χ3n) is 3.19. The molecule has 1 aromatic rings. The Morgan fingerprint density at radius 1 is 1.13 bits per heavy atom. The Bertz CT molecular complexity index is 440. The Kier molecular flexibility index (Phi) is 2.09. The third kappa shape index (κ3) is 1.58. The number of anilines is 1. The first kappa shape index (κ1) is 8.78. The Balaban J connectivity index is 2.00. The van der Waals surface area contributed by atoms with Crippen molar-refractivity contribution in [1.82, 2.24) is 0 Å². The summed E-state index contributed by atoms with van der Waals surface area (Å²) in [6.07, 6.45) is 9.37. The predicted molar refractivity (Wildman–Crippen MR) is 63.8 cm³/mol. The van der Waals surface area contributed by atoms with Crippen LogP contribution in [0.4, 0.5) is 5.69 Å². The summed E-state index contributed by atoms with van der Waals surface area (Å²) < 4.78 is 0. The van der Waals surface area contributed by atoms with Crippen molar-refractivity contribution in [2.45, 2.75) is 25.7 Å². The van der Waals surface area contributed by atoms with Crippen LogP contribution in [0, 0.1) is 0 Å². The molecule has 0 spiro atoms. The second-order valence-electron chi connectivity index (χ2n) is 4.26. The Labute approximate surface area is 90.5 Å². The SMILES string of the molecule is C1=CC2=C(CCC1)Nc1ccccc1C2. The minimum atomic E-state index is 1.09. The lowest BCUT2D eigenvalue weighted by atomic mass is 9.96. The number of hydrogen-bond donors (Lipinski definition) is 1. The van der Waals surface area contributed by atoms with Crippen molar-refractivity contribution < 1.29 is 0 Å². The maximum atomic E-state index is 3.57. The van der Waals surface area contributed by atoms with Gasteiger partial charge in [0.15, 0.2) is 0 Å². The lowest BCUT2D eigenvalue weighted by molar-refractivity contribution is 0.834. The molecule has 0 unspecified atom stereocenters. The number of rotatable bonds is 0. The molecule has 1 nitrogen and oxygen atoms in total. The van der Waals surface area contributed by atoms with E-state index in [-0.39, 0.29) is 0 Å². The first-order chi connectivity index (χ1) is 7.43. The van der Waals surface area contributed by atoms with Gasteiger partial charge < -0.3 is 5.32 Å². The summed E-state index contributed by atoms with van der Waals surface area (Å²) in [4.78, 5) is 0. The lowest BCUT2D eigenvalue weighted by Crippen LogP contribution is -2.11. The van der Waals surface area contributed by atoms with E-state index >= 15 is 0 Å². The molecule has 0 radical (unpaired) electrons. The van der Waals surface area contributed by atoms with E-state index in [1.165, 1.54) is 41.8 Å². The van der Waals surface area contributed by atoms with Crippen LogP contribution in [0.25, 0.3) is 0 Å². The van der Waals surface area contributed by atoms with Gasteiger partial charge in [0, 0.05) is 17.8 Å². The molecular formula is C14H15N. The minimum Gasteiger partial charge on any atom is -0.358 e. The Morgan fingerprint density at radius 3 is 3.07 bits per heavy atom.